The predicted molar refractivity (Wildman–Crippen MR) is 117 cm³/mol. The molecule has 5 nitrogen and oxygen atoms in total. The van der Waals surface area contributed by atoms with Crippen molar-refractivity contribution < 1.29 is 17.9 Å². The van der Waals surface area contributed by atoms with E-state index < -0.39 is 12.8 Å². The monoisotopic (exact) mass is 528 g/mol. The molecular formula is C18H24F3IN4OS. The Morgan fingerprint density at radius 1 is 1.25 bits per heavy atom. The number of ether oxygens (including phenoxy) is 1. The summed E-state index contributed by atoms with van der Waals surface area (Å²) >= 11 is 1.63. The number of benzene rings is 1. The highest BCUT2D eigenvalue weighted by Crippen LogP contribution is 2.20. The van der Waals surface area contributed by atoms with Crippen LogP contribution >= 0.6 is 35.3 Å². The maximum atomic E-state index is 12.3. The normalized spacial score (nSPS) is 11.7. The first-order valence-corrected chi connectivity index (χ1v) is 9.32. The first-order chi connectivity index (χ1) is 12.8. The minimum absolute atomic E-state index is 0. The quantitative estimate of drug-likeness (QED) is 0.314. The third kappa shape index (κ3) is 8.63. The Balaban J connectivity index is 0.00000392. The number of halogens is 4. The Morgan fingerprint density at radius 2 is 2.00 bits per heavy atom. The lowest BCUT2D eigenvalue weighted by molar-refractivity contribution is -0.153. The molecule has 1 heterocycles. The number of aliphatic imine (C=N–C) groups is 1. The van der Waals surface area contributed by atoms with Crippen molar-refractivity contribution in [3.8, 4) is 5.75 Å². The van der Waals surface area contributed by atoms with Gasteiger partial charge in [0.25, 0.3) is 0 Å². The summed E-state index contributed by atoms with van der Waals surface area (Å²) in [5.41, 5.74) is 1.78. The van der Waals surface area contributed by atoms with Crippen LogP contribution in [0.3, 0.4) is 0 Å². The van der Waals surface area contributed by atoms with E-state index in [-0.39, 0.29) is 29.7 Å². The second-order valence-electron chi connectivity index (χ2n) is 5.85. The van der Waals surface area contributed by atoms with E-state index in [0.29, 0.717) is 25.6 Å². The highest BCUT2D eigenvalue weighted by molar-refractivity contribution is 14.0. The summed E-state index contributed by atoms with van der Waals surface area (Å²) in [6, 6.07) is 6.50. The van der Waals surface area contributed by atoms with Gasteiger partial charge in [-0.3, -0.25) is 0 Å². The van der Waals surface area contributed by atoms with Gasteiger partial charge in [-0.25, -0.2) is 9.98 Å². The van der Waals surface area contributed by atoms with Gasteiger partial charge < -0.3 is 15.4 Å². The van der Waals surface area contributed by atoms with Gasteiger partial charge in [0.2, 0.25) is 0 Å². The Hall–Kier alpha value is -1.56. The zero-order valence-corrected chi connectivity index (χ0v) is 19.0. The van der Waals surface area contributed by atoms with E-state index >= 15 is 0 Å². The van der Waals surface area contributed by atoms with Gasteiger partial charge in [0.05, 0.1) is 18.8 Å². The van der Waals surface area contributed by atoms with Crippen molar-refractivity contribution in [1.29, 1.82) is 0 Å². The molecule has 0 aliphatic carbocycles. The van der Waals surface area contributed by atoms with E-state index in [1.165, 1.54) is 10.9 Å². The van der Waals surface area contributed by atoms with Crippen LogP contribution in [0.15, 0.2) is 29.3 Å². The van der Waals surface area contributed by atoms with Crippen molar-refractivity contribution in [2.45, 2.75) is 40.0 Å². The average Bonchev–Trinajstić information content (AvgIpc) is 2.93. The molecule has 2 N–H and O–H groups in total. The third-order valence-electron chi connectivity index (χ3n) is 3.54. The van der Waals surface area contributed by atoms with E-state index in [2.05, 4.69) is 20.6 Å². The van der Waals surface area contributed by atoms with Gasteiger partial charge in [-0.15, -0.1) is 35.3 Å². The number of hydrogen-bond donors (Lipinski definition) is 2. The summed E-state index contributed by atoms with van der Waals surface area (Å²) in [6.07, 6.45) is -4.36. The molecule has 0 saturated carbocycles. The number of aromatic nitrogens is 1. The lowest BCUT2D eigenvalue weighted by atomic mass is 10.2. The molecular weight excluding hydrogens is 504 g/mol. The average molecular weight is 528 g/mol. The molecule has 0 saturated heterocycles. The van der Waals surface area contributed by atoms with Crippen LogP contribution in [-0.2, 0) is 13.1 Å². The molecule has 0 aliphatic heterocycles. The molecule has 28 heavy (non-hydrogen) atoms. The zero-order valence-electron chi connectivity index (χ0n) is 15.9. The highest BCUT2D eigenvalue weighted by atomic mass is 127. The fraction of sp³-hybridized carbons (Fsp3) is 0.444. The molecule has 1 aromatic carbocycles. The van der Waals surface area contributed by atoms with Crippen molar-refractivity contribution in [2.24, 2.45) is 4.99 Å². The number of guanidine groups is 1. The number of rotatable bonds is 7. The van der Waals surface area contributed by atoms with Crippen molar-refractivity contribution in [1.82, 2.24) is 15.6 Å². The molecule has 0 unspecified atom stereocenters. The van der Waals surface area contributed by atoms with Crippen molar-refractivity contribution >= 4 is 41.3 Å². The first kappa shape index (κ1) is 24.5. The standard InChI is InChI=1S/C18H23F3N4OS.HI/c1-4-22-17(24-10-16-25-12(2)13(3)27-16)23-9-14-6-5-7-15(8-14)26-11-18(19,20)21;/h5-8H,4,9-11H2,1-3H3,(H2,22,23,24);1H. The summed E-state index contributed by atoms with van der Waals surface area (Å²) in [4.78, 5) is 10.1. The second kappa shape index (κ2) is 11.4. The van der Waals surface area contributed by atoms with Gasteiger partial charge in [0.1, 0.15) is 10.8 Å². The van der Waals surface area contributed by atoms with Crippen LogP contribution in [0, 0.1) is 13.8 Å². The first-order valence-electron chi connectivity index (χ1n) is 8.50. The number of aryl methyl sites for hydroxylation is 2. The maximum Gasteiger partial charge on any atom is 0.422 e. The zero-order chi connectivity index (χ0) is 19.9. The summed E-state index contributed by atoms with van der Waals surface area (Å²) in [5, 5.41) is 7.32. The molecule has 0 aliphatic rings. The van der Waals surface area contributed by atoms with Crippen molar-refractivity contribution in [2.75, 3.05) is 13.2 Å². The molecule has 0 amide bonds. The molecule has 2 rings (SSSR count). The van der Waals surface area contributed by atoms with Crippen LogP contribution in [0.1, 0.15) is 28.1 Å². The number of nitrogens with one attached hydrogen (secondary N) is 2. The largest absolute Gasteiger partial charge is 0.484 e. The van der Waals surface area contributed by atoms with Crippen LogP contribution in [0.2, 0.25) is 0 Å². The molecule has 10 heteroatoms. The number of nitrogens with zero attached hydrogens (tertiary/aromatic N) is 2. The highest BCUT2D eigenvalue weighted by Gasteiger charge is 2.28. The minimum atomic E-state index is -4.36. The van der Waals surface area contributed by atoms with Crippen LogP contribution < -0.4 is 15.4 Å². The second-order valence-corrected chi connectivity index (χ2v) is 7.14. The third-order valence-corrected chi connectivity index (χ3v) is 4.62. The van der Waals surface area contributed by atoms with Crippen LogP contribution in [-0.4, -0.2) is 30.3 Å². The summed E-state index contributed by atoms with van der Waals surface area (Å²) in [5.74, 6) is 0.788. The molecule has 0 fully saturated rings. The van der Waals surface area contributed by atoms with Crippen molar-refractivity contribution in [3.63, 3.8) is 0 Å². The van der Waals surface area contributed by atoms with Gasteiger partial charge in [0.15, 0.2) is 12.6 Å². The molecule has 2 aromatic rings. The Bertz CT molecular complexity index is 761. The predicted octanol–water partition coefficient (Wildman–Crippen LogP) is 4.57. The molecule has 0 radical (unpaired) electrons. The fourth-order valence-corrected chi connectivity index (χ4v) is 3.06. The number of alkyl halides is 3. The van der Waals surface area contributed by atoms with E-state index in [1.807, 2.05) is 20.8 Å². The van der Waals surface area contributed by atoms with Gasteiger partial charge in [-0.05, 0) is 38.5 Å². The van der Waals surface area contributed by atoms with Gasteiger partial charge in [-0.1, -0.05) is 12.1 Å². The van der Waals surface area contributed by atoms with E-state index in [1.54, 1.807) is 29.5 Å². The number of thiazole rings is 1. The molecule has 0 atom stereocenters. The molecule has 1 aromatic heterocycles. The Kier molecular flexibility index (Phi) is 10.0. The van der Waals surface area contributed by atoms with Gasteiger partial charge in [0, 0.05) is 11.4 Å². The van der Waals surface area contributed by atoms with Crippen LogP contribution in [0.25, 0.3) is 0 Å². The summed E-state index contributed by atoms with van der Waals surface area (Å²) in [7, 11) is 0. The van der Waals surface area contributed by atoms with E-state index in [9.17, 15) is 13.2 Å². The Morgan fingerprint density at radius 3 is 2.61 bits per heavy atom. The van der Waals surface area contributed by atoms with E-state index in [0.717, 1.165) is 16.3 Å². The van der Waals surface area contributed by atoms with E-state index in [4.69, 9.17) is 4.74 Å². The van der Waals surface area contributed by atoms with Crippen LogP contribution in [0.5, 0.6) is 5.75 Å². The van der Waals surface area contributed by atoms with Crippen molar-refractivity contribution in [3.05, 3.63) is 45.4 Å². The minimum Gasteiger partial charge on any atom is -0.484 e. The molecule has 0 bridgehead atoms. The lowest BCUT2D eigenvalue weighted by Gasteiger charge is -2.11. The summed E-state index contributed by atoms with van der Waals surface area (Å²) in [6.45, 7) is 6.22. The lowest BCUT2D eigenvalue weighted by Crippen LogP contribution is -2.36. The Labute approximate surface area is 183 Å². The fourth-order valence-electron chi connectivity index (χ4n) is 2.18. The maximum absolute atomic E-state index is 12.3. The van der Waals surface area contributed by atoms with Gasteiger partial charge >= 0.3 is 6.18 Å². The number of hydrogen-bond acceptors (Lipinski definition) is 4. The molecule has 156 valence electrons. The van der Waals surface area contributed by atoms with Gasteiger partial charge in [-0.2, -0.15) is 13.2 Å². The molecule has 0 spiro atoms. The smallest absolute Gasteiger partial charge is 0.422 e. The summed E-state index contributed by atoms with van der Waals surface area (Å²) < 4.78 is 41.6. The topological polar surface area (TPSA) is 58.5 Å². The SMILES string of the molecule is CCNC(=NCc1cccc(OCC(F)(F)F)c1)NCc1nc(C)c(C)s1.I. The van der Waals surface area contributed by atoms with Crippen LogP contribution in [0.4, 0.5) is 13.2 Å².